The Kier molecular flexibility index (Phi) is 4.96. The number of piperidine rings is 1. The zero-order valence-corrected chi connectivity index (χ0v) is 15.0. The number of pyridine rings is 1. The summed E-state index contributed by atoms with van der Waals surface area (Å²) in [6.07, 6.45) is 9.06. The molecular weight excluding hydrogens is 320 g/mol. The molecule has 1 aromatic heterocycles. The minimum absolute atomic E-state index is 0.166. The highest BCUT2D eigenvalue weighted by Crippen LogP contribution is 2.26. The van der Waals surface area contributed by atoms with Gasteiger partial charge in [0.2, 0.25) is 0 Å². The molecule has 3 nitrogen and oxygen atoms in total. The molecule has 0 N–H and O–H groups in total. The van der Waals surface area contributed by atoms with E-state index in [9.17, 15) is 4.79 Å². The second kappa shape index (κ2) is 7.69. The largest absolute Gasteiger partial charge is 0.336 e. The van der Waals surface area contributed by atoms with Gasteiger partial charge in [-0.3, -0.25) is 9.78 Å². The summed E-state index contributed by atoms with van der Waals surface area (Å²) in [4.78, 5) is 19.6. The van der Waals surface area contributed by atoms with Crippen LogP contribution in [0.4, 0.5) is 0 Å². The van der Waals surface area contributed by atoms with E-state index in [1.54, 1.807) is 6.20 Å². The molecule has 0 unspecified atom stereocenters. The maximum atomic E-state index is 13.3. The molecule has 4 rings (SSSR count). The van der Waals surface area contributed by atoms with E-state index < -0.39 is 0 Å². The summed E-state index contributed by atoms with van der Waals surface area (Å²) in [6.45, 7) is 0.861. The smallest absolute Gasteiger partial charge is 0.254 e. The molecule has 0 radical (unpaired) electrons. The van der Waals surface area contributed by atoms with Crippen LogP contribution < -0.4 is 0 Å². The maximum absolute atomic E-state index is 13.3. The molecule has 3 aromatic rings. The molecule has 1 atom stereocenters. The number of hydrogen-bond donors (Lipinski definition) is 0. The number of nitrogens with zero attached hydrogens (tertiary/aromatic N) is 2. The predicted octanol–water partition coefficient (Wildman–Crippen LogP) is 4.86. The van der Waals surface area contributed by atoms with Gasteiger partial charge in [0.05, 0.1) is 0 Å². The number of hydrogen-bond acceptors (Lipinski definition) is 2. The summed E-state index contributed by atoms with van der Waals surface area (Å²) in [5.41, 5.74) is 2.15. The predicted molar refractivity (Wildman–Crippen MR) is 105 cm³/mol. The number of carbonyl (C=O) groups is 1. The van der Waals surface area contributed by atoms with Crippen LogP contribution in [0.15, 0.2) is 67.0 Å². The molecular formula is C23H24N2O. The van der Waals surface area contributed by atoms with Gasteiger partial charge >= 0.3 is 0 Å². The highest BCUT2D eigenvalue weighted by molar-refractivity contribution is 6.06. The van der Waals surface area contributed by atoms with Gasteiger partial charge in [0, 0.05) is 35.9 Å². The first-order chi connectivity index (χ1) is 12.8. The standard InChI is InChI=1S/C23H24N2O/c26-23(22-11-6-9-19-17-24-15-14-21(19)22)25-16-5-4-10-20(25)13-12-18-7-2-1-3-8-18/h1-3,6-9,11,14-15,17,20H,4-5,10,12-13,16H2/t20-/m1/s1. The first-order valence-electron chi connectivity index (χ1n) is 9.50. The van der Waals surface area contributed by atoms with Crippen molar-refractivity contribution in [2.45, 2.75) is 38.1 Å². The van der Waals surface area contributed by atoms with E-state index in [1.165, 1.54) is 12.0 Å². The Morgan fingerprint density at radius 3 is 2.81 bits per heavy atom. The fourth-order valence-corrected chi connectivity index (χ4v) is 4.01. The topological polar surface area (TPSA) is 33.2 Å². The van der Waals surface area contributed by atoms with E-state index >= 15 is 0 Å². The Bertz CT molecular complexity index is 886. The first kappa shape index (κ1) is 16.8. The van der Waals surface area contributed by atoms with Crippen LogP contribution in [0.3, 0.4) is 0 Å². The molecule has 26 heavy (non-hydrogen) atoms. The Morgan fingerprint density at radius 1 is 1.04 bits per heavy atom. The maximum Gasteiger partial charge on any atom is 0.254 e. The third kappa shape index (κ3) is 3.48. The Morgan fingerprint density at radius 2 is 1.92 bits per heavy atom. The number of aromatic nitrogens is 1. The van der Waals surface area contributed by atoms with E-state index in [0.29, 0.717) is 6.04 Å². The Labute approximate surface area is 154 Å². The zero-order valence-electron chi connectivity index (χ0n) is 15.0. The van der Waals surface area contributed by atoms with Crippen molar-refractivity contribution in [1.29, 1.82) is 0 Å². The van der Waals surface area contributed by atoms with E-state index in [1.807, 2.05) is 30.5 Å². The first-order valence-corrected chi connectivity index (χ1v) is 9.50. The Balaban J connectivity index is 1.56. The van der Waals surface area contributed by atoms with Crippen LogP contribution in [-0.4, -0.2) is 28.4 Å². The molecule has 132 valence electrons. The minimum Gasteiger partial charge on any atom is -0.336 e. The summed E-state index contributed by atoms with van der Waals surface area (Å²) in [5, 5.41) is 2.02. The number of likely N-dealkylation sites (tertiary alicyclic amines) is 1. The number of aryl methyl sites for hydroxylation is 1. The van der Waals surface area contributed by atoms with Gasteiger partial charge in [-0.1, -0.05) is 42.5 Å². The van der Waals surface area contributed by atoms with E-state index in [0.717, 1.165) is 48.6 Å². The molecule has 0 aliphatic carbocycles. The summed E-state index contributed by atoms with van der Waals surface area (Å²) in [6, 6.07) is 18.8. The highest BCUT2D eigenvalue weighted by Gasteiger charge is 2.28. The third-order valence-corrected chi connectivity index (χ3v) is 5.41. The van der Waals surface area contributed by atoms with Gasteiger partial charge in [0.15, 0.2) is 0 Å². The molecule has 1 saturated heterocycles. The minimum atomic E-state index is 0.166. The number of rotatable bonds is 4. The summed E-state index contributed by atoms with van der Waals surface area (Å²) in [7, 11) is 0. The van der Waals surface area contributed by atoms with Gasteiger partial charge < -0.3 is 4.90 Å². The lowest BCUT2D eigenvalue weighted by Crippen LogP contribution is -2.44. The monoisotopic (exact) mass is 344 g/mol. The van der Waals surface area contributed by atoms with Crippen molar-refractivity contribution in [3.8, 4) is 0 Å². The SMILES string of the molecule is O=C(c1cccc2cnccc12)N1CCCC[C@@H]1CCc1ccccc1. The second-order valence-corrected chi connectivity index (χ2v) is 7.07. The summed E-state index contributed by atoms with van der Waals surface area (Å²) < 4.78 is 0. The molecule has 0 spiro atoms. The zero-order chi connectivity index (χ0) is 17.8. The molecule has 0 bridgehead atoms. The highest BCUT2D eigenvalue weighted by atomic mass is 16.2. The lowest BCUT2D eigenvalue weighted by Gasteiger charge is -2.36. The summed E-state index contributed by atoms with van der Waals surface area (Å²) in [5.74, 6) is 0.166. The molecule has 0 saturated carbocycles. The molecule has 1 amide bonds. The normalized spacial score (nSPS) is 17.4. The quantitative estimate of drug-likeness (QED) is 0.677. The second-order valence-electron chi connectivity index (χ2n) is 7.07. The van der Waals surface area contributed by atoms with Gasteiger partial charge in [-0.2, -0.15) is 0 Å². The van der Waals surface area contributed by atoms with Crippen molar-refractivity contribution < 1.29 is 4.79 Å². The average Bonchev–Trinajstić information content (AvgIpc) is 2.72. The van der Waals surface area contributed by atoms with Gasteiger partial charge in [-0.05, 0) is 55.2 Å². The number of amides is 1. The average molecular weight is 344 g/mol. The van der Waals surface area contributed by atoms with Crippen molar-refractivity contribution in [2.75, 3.05) is 6.54 Å². The lowest BCUT2D eigenvalue weighted by molar-refractivity contribution is 0.0604. The van der Waals surface area contributed by atoms with Crippen LogP contribution in [0.25, 0.3) is 10.8 Å². The van der Waals surface area contributed by atoms with E-state index in [-0.39, 0.29) is 5.91 Å². The van der Waals surface area contributed by atoms with Gasteiger partial charge in [-0.25, -0.2) is 0 Å². The lowest BCUT2D eigenvalue weighted by atomic mass is 9.94. The van der Waals surface area contributed by atoms with Gasteiger partial charge in [0.1, 0.15) is 0 Å². The van der Waals surface area contributed by atoms with Crippen LogP contribution in [0.1, 0.15) is 41.6 Å². The molecule has 1 aliphatic rings. The van der Waals surface area contributed by atoms with E-state index in [2.05, 4.69) is 40.2 Å². The third-order valence-electron chi connectivity index (χ3n) is 5.41. The molecule has 2 aromatic carbocycles. The number of fused-ring (bicyclic) bond motifs is 1. The van der Waals surface area contributed by atoms with Crippen molar-refractivity contribution >= 4 is 16.7 Å². The van der Waals surface area contributed by atoms with Crippen LogP contribution in [0, 0.1) is 0 Å². The van der Waals surface area contributed by atoms with Gasteiger partial charge in [0.25, 0.3) is 5.91 Å². The van der Waals surface area contributed by atoms with E-state index in [4.69, 9.17) is 0 Å². The number of benzene rings is 2. The number of carbonyl (C=O) groups excluding carboxylic acids is 1. The summed E-state index contributed by atoms with van der Waals surface area (Å²) >= 11 is 0. The fraction of sp³-hybridized carbons (Fsp3) is 0.304. The molecule has 3 heteroatoms. The molecule has 2 heterocycles. The van der Waals surface area contributed by atoms with Crippen molar-refractivity contribution in [3.05, 3.63) is 78.1 Å². The van der Waals surface area contributed by atoms with Crippen molar-refractivity contribution in [2.24, 2.45) is 0 Å². The molecule has 1 aliphatic heterocycles. The van der Waals surface area contributed by atoms with Crippen LogP contribution in [-0.2, 0) is 6.42 Å². The van der Waals surface area contributed by atoms with Crippen molar-refractivity contribution in [3.63, 3.8) is 0 Å². The van der Waals surface area contributed by atoms with Crippen LogP contribution in [0.2, 0.25) is 0 Å². The fourth-order valence-electron chi connectivity index (χ4n) is 4.01. The van der Waals surface area contributed by atoms with Gasteiger partial charge in [-0.15, -0.1) is 0 Å². The van der Waals surface area contributed by atoms with Crippen LogP contribution in [0.5, 0.6) is 0 Å². The van der Waals surface area contributed by atoms with Crippen molar-refractivity contribution in [1.82, 2.24) is 9.88 Å². The Hall–Kier alpha value is -2.68. The molecule has 1 fully saturated rings. The van der Waals surface area contributed by atoms with Crippen LogP contribution >= 0.6 is 0 Å².